The summed E-state index contributed by atoms with van der Waals surface area (Å²) in [5.74, 6) is 2.15. The Morgan fingerprint density at radius 2 is 1.75 bits per heavy atom. The molecule has 0 spiro atoms. The molecule has 0 heteroatoms. The Kier molecular flexibility index (Phi) is 2.76. The van der Waals surface area contributed by atoms with Crippen LogP contribution in [-0.4, -0.2) is 0 Å². The molecule has 0 aromatic carbocycles. The Morgan fingerprint density at radius 3 is 2.08 bits per heavy atom. The van der Waals surface area contributed by atoms with Crippen molar-refractivity contribution in [2.75, 3.05) is 0 Å². The Labute approximate surface area is 76.4 Å². The molecular formula is C12H20. The van der Waals surface area contributed by atoms with Crippen LogP contribution >= 0.6 is 0 Å². The van der Waals surface area contributed by atoms with Crippen molar-refractivity contribution in [3.63, 3.8) is 0 Å². The molecule has 68 valence electrons. The van der Waals surface area contributed by atoms with E-state index in [1.54, 1.807) is 5.57 Å². The Bertz CT molecular complexity index is 216. The predicted molar refractivity (Wildman–Crippen MR) is 55.0 cm³/mol. The van der Waals surface area contributed by atoms with Crippen molar-refractivity contribution in [1.82, 2.24) is 0 Å². The van der Waals surface area contributed by atoms with E-state index >= 15 is 0 Å². The first-order valence-electron chi connectivity index (χ1n) is 4.92. The van der Waals surface area contributed by atoms with E-state index in [1.165, 1.54) is 5.57 Å². The van der Waals surface area contributed by atoms with Gasteiger partial charge in [0.05, 0.1) is 0 Å². The summed E-state index contributed by atoms with van der Waals surface area (Å²) in [5, 5.41) is 0. The van der Waals surface area contributed by atoms with Gasteiger partial charge in [0.25, 0.3) is 0 Å². The van der Waals surface area contributed by atoms with Crippen molar-refractivity contribution in [3.8, 4) is 0 Å². The Balaban J connectivity index is 2.82. The van der Waals surface area contributed by atoms with E-state index in [1.807, 2.05) is 0 Å². The third kappa shape index (κ3) is 1.80. The normalized spacial score (nSPS) is 23.4. The number of hydrogen-bond acceptors (Lipinski definition) is 0. The summed E-state index contributed by atoms with van der Waals surface area (Å²) in [7, 11) is 0. The molecule has 0 N–H and O–H groups in total. The Hall–Kier alpha value is -0.520. The van der Waals surface area contributed by atoms with Crippen LogP contribution in [0.5, 0.6) is 0 Å². The van der Waals surface area contributed by atoms with Crippen LogP contribution in [0.2, 0.25) is 0 Å². The fourth-order valence-corrected chi connectivity index (χ4v) is 1.92. The van der Waals surface area contributed by atoms with Gasteiger partial charge in [0.1, 0.15) is 0 Å². The number of rotatable bonds is 2. The van der Waals surface area contributed by atoms with Crippen LogP contribution < -0.4 is 0 Å². The molecule has 0 fully saturated rings. The van der Waals surface area contributed by atoms with Gasteiger partial charge in [-0.1, -0.05) is 51.0 Å². The van der Waals surface area contributed by atoms with Gasteiger partial charge < -0.3 is 0 Å². The van der Waals surface area contributed by atoms with Gasteiger partial charge in [0, 0.05) is 5.92 Å². The van der Waals surface area contributed by atoms with Crippen LogP contribution in [-0.2, 0) is 0 Å². The molecule has 1 aliphatic rings. The summed E-state index contributed by atoms with van der Waals surface area (Å²) < 4.78 is 0. The molecule has 0 saturated heterocycles. The molecule has 0 amide bonds. The summed E-state index contributed by atoms with van der Waals surface area (Å²) in [6, 6.07) is 0. The van der Waals surface area contributed by atoms with E-state index in [0.29, 0.717) is 11.8 Å². The quantitative estimate of drug-likeness (QED) is 0.582. The molecule has 0 saturated carbocycles. The topological polar surface area (TPSA) is 0 Å². The van der Waals surface area contributed by atoms with Gasteiger partial charge >= 0.3 is 0 Å². The zero-order valence-corrected chi connectivity index (χ0v) is 8.89. The van der Waals surface area contributed by atoms with E-state index in [0.717, 1.165) is 5.92 Å². The third-order valence-electron chi connectivity index (χ3n) is 2.61. The summed E-state index contributed by atoms with van der Waals surface area (Å²) >= 11 is 0. The fraction of sp³-hybridized carbons (Fsp3) is 0.667. The lowest BCUT2D eigenvalue weighted by Crippen LogP contribution is -2.10. The second kappa shape index (κ2) is 3.47. The molecule has 1 rings (SSSR count). The summed E-state index contributed by atoms with van der Waals surface area (Å²) in [6.45, 7) is 11.4. The highest BCUT2D eigenvalue weighted by Gasteiger charge is 2.22. The highest BCUT2D eigenvalue weighted by atomic mass is 14.3. The lowest BCUT2D eigenvalue weighted by molar-refractivity contribution is 0.491. The molecule has 0 aliphatic heterocycles. The molecule has 0 nitrogen and oxygen atoms in total. The molecule has 0 aromatic rings. The maximum Gasteiger partial charge on any atom is 0.00113 e. The predicted octanol–water partition coefficient (Wildman–Crippen LogP) is 3.80. The minimum absolute atomic E-state index is 0.699. The molecule has 1 unspecified atom stereocenters. The number of allylic oxidation sites excluding steroid dienone is 4. The van der Waals surface area contributed by atoms with Crippen molar-refractivity contribution >= 4 is 0 Å². The molecule has 1 aliphatic carbocycles. The second-order valence-corrected chi connectivity index (χ2v) is 4.48. The summed E-state index contributed by atoms with van der Waals surface area (Å²) in [6.07, 6.45) is 4.76. The van der Waals surface area contributed by atoms with Gasteiger partial charge in [-0.05, 0) is 18.8 Å². The van der Waals surface area contributed by atoms with Gasteiger partial charge in [-0.2, -0.15) is 0 Å². The minimum Gasteiger partial charge on any atom is -0.0741 e. The van der Waals surface area contributed by atoms with Gasteiger partial charge in [0.15, 0.2) is 0 Å². The maximum atomic E-state index is 2.40. The summed E-state index contributed by atoms with van der Waals surface area (Å²) in [5.41, 5.74) is 3.06. The lowest BCUT2D eigenvalue weighted by atomic mass is 9.85. The van der Waals surface area contributed by atoms with Crippen molar-refractivity contribution < 1.29 is 0 Å². The molecule has 0 radical (unpaired) electrons. The molecule has 0 aromatic heterocycles. The van der Waals surface area contributed by atoms with E-state index in [2.05, 4.69) is 46.8 Å². The van der Waals surface area contributed by atoms with Crippen LogP contribution in [0.15, 0.2) is 23.3 Å². The zero-order valence-electron chi connectivity index (χ0n) is 8.89. The van der Waals surface area contributed by atoms with E-state index in [4.69, 9.17) is 0 Å². The van der Waals surface area contributed by atoms with Gasteiger partial charge in [-0.25, -0.2) is 0 Å². The standard InChI is InChI=1S/C12H20/c1-8(2)11-6-10(5)7-12(11)9(3)4/h6-9,11H,1-5H3. The SMILES string of the molecule is CC1=CC(C(C)C)C(C(C)C)=C1. The monoisotopic (exact) mass is 164 g/mol. The van der Waals surface area contributed by atoms with Crippen LogP contribution in [0, 0.1) is 17.8 Å². The van der Waals surface area contributed by atoms with Crippen LogP contribution in [0.3, 0.4) is 0 Å². The summed E-state index contributed by atoms with van der Waals surface area (Å²) in [4.78, 5) is 0. The highest BCUT2D eigenvalue weighted by molar-refractivity contribution is 5.35. The van der Waals surface area contributed by atoms with Crippen molar-refractivity contribution in [1.29, 1.82) is 0 Å². The molecular weight excluding hydrogens is 144 g/mol. The average molecular weight is 164 g/mol. The van der Waals surface area contributed by atoms with Crippen molar-refractivity contribution in [2.24, 2.45) is 17.8 Å². The second-order valence-electron chi connectivity index (χ2n) is 4.48. The lowest BCUT2D eigenvalue weighted by Gasteiger charge is -2.20. The first-order chi connectivity index (χ1) is 5.52. The molecule has 1 atom stereocenters. The first kappa shape index (κ1) is 9.57. The average Bonchev–Trinajstić information content (AvgIpc) is 2.31. The molecule has 12 heavy (non-hydrogen) atoms. The Morgan fingerprint density at radius 1 is 1.17 bits per heavy atom. The molecule has 0 heterocycles. The minimum atomic E-state index is 0.699. The third-order valence-corrected chi connectivity index (χ3v) is 2.61. The first-order valence-corrected chi connectivity index (χ1v) is 4.92. The van der Waals surface area contributed by atoms with Crippen LogP contribution in [0.4, 0.5) is 0 Å². The highest BCUT2D eigenvalue weighted by Crippen LogP contribution is 2.34. The molecule has 0 bridgehead atoms. The smallest absolute Gasteiger partial charge is 0.00113 e. The van der Waals surface area contributed by atoms with Gasteiger partial charge in [-0.15, -0.1) is 0 Å². The van der Waals surface area contributed by atoms with Crippen molar-refractivity contribution in [3.05, 3.63) is 23.3 Å². The fourth-order valence-electron chi connectivity index (χ4n) is 1.92. The van der Waals surface area contributed by atoms with Gasteiger partial charge in [0.2, 0.25) is 0 Å². The van der Waals surface area contributed by atoms with E-state index in [9.17, 15) is 0 Å². The van der Waals surface area contributed by atoms with Crippen LogP contribution in [0.1, 0.15) is 34.6 Å². The van der Waals surface area contributed by atoms with Gasteiger partial charge in [-0.3, -0.25) is 0 Å². The zero-order chi connectivity index (χ0) is 9.30. The van der Waals surface area contributed by atoms with Crippen molar-refractivity contribution in [2.45, 2.75) is 34.6 Å². The van der Waals surface area contributed by atoms with E-state index < -0.39 is 0 Å². The maximum absolute atomic E-state index is 2.40. The van der Waals surface area contributed by atoms with E-state index in [-0.39, 0.29) is 0 Å². The number of hydrogen-bond donors (Lipinski definition) is 0. The van der Waals surface area contributed by atoms with Crippen LogP contribution in [0.25, 0.3) is 0 Å². The largest absolute Gasteiger partial charge is 0.0741 e.